The van der Waals surface area contributed by atoms with E-state index in [2.05, 4.69) is 42.3 Å². The minimum absolute atomic E-state index is 0.656. The number of nitrogens with one attached hydrogen (secondary N) is 1. The molecule has 2 heterocycles. The van der Waals surface area contributed by atoms with Gasteiger partial charge in [-0.05, 0) is 46.3 Å². The minimum atomic E-state index is 0.656. The first kappa shape index (κ1) is 13.4. The van der Waals surface area contributed by atoms with Crippen molar-refractivity contribution in [3.8, 4) is 0 Å². The summed E-state index contributed by atoms with van der Waals surface area (Å²) in [4.78, 5) is 12.9. The molecule has 0 saturated carbocycles. The highest BCUT2D eigenvalue weighted by molar-refractivity contribution is 9.10. The summed E-state index contributed by atoms with van der Waals surface area (Å²) in [7, 11) is 0. The van der Waals surface area contributed by atoms with Gasteiger partial charge in [-0.15, -0.1) is 11.3 Å². The monoisotopic (exact) mass is 371 g/mol. The summed E-state index contributed by atoms with van der Waals surface area (Å²) in [5.41, 5.74) is 11.3. The van der Waals surface area contributed by atoms with Gasteiger partial charge in [-0.25, -0.2) is 15.0 Å². The molecule has 0 aliphatic rings. The van der Waals surface area contributed by atoms with Gasteiger partial charge in [0.2, 0.25) is 0 Å². The molecule has 4 rings (SSSR count). The lowest BCUT2D eigenvalue weighted by molar-refractivity contribution is 1.22. The van der Waals surface area contributed by atoms with Crippen LogP contribution in [0.5, 0.6) is 0 Å². The van der Waals surface area contributed by atoms with Crippen molar-refractivity contribution in [3.05, 3.63) is 46.6 Å². The number of hydrogen-bond acceptors (Lipinski definition) is 6. The Morgan fingerprint density at radius 1 is 1.05 bits per heavy atom. The predicted octanol–water partition coefficient (Wildman–Crippen LogP) is 4.33. The number of hydrogen-bond donors (Lipinski definition) is 2. The average molecular weight is 372 g/mol. The number of anilines is 3. The predicted molar refractivity (Wildman–Crippen MR) is 94.6 cm³/mol. The van der Waals surface area contributed by atoms with E-state index in [0.29, 0.717) is 5.69 Å². The standard InChI is InChI=1S/C15H10BrN5S/c16-10-5-13-9(4-11(10)17)15(19-6-18-13)21-8-1-2-12-14(3-8)22-7-20-12/h1-7H,17H2,(H,18,19,21). The molecule has 0 amide bonds. The number of halogens is 1. The molecular formula is C15H10BrN5S. The Bertz CT molecular complexity index is 998. The molecule has 0 aliphatic carbocycles. The Balaban J connectivity index is 1.81. The van der Waals surface area contributed by atoms with Gasteiger partial charge in [0.1, 0.15) is 12.1 Å². The van der Waals surface area contributed by atoms with Crippen LogP contribution >= 0.6 is 27.3 Å². The SMILES string of the molecule is Nc1cc2c(Nc3ccc4ncsc4c3)ncnc2cc1Br. The van der Waals surface area contributed by atoms with Crippen molar-refractivity contribution in [1.82, 2.24) is 15.0 Å². The second-order valence-electron chi connectivity index (χ2n) is 4.77. The number of benzene rings is 2. The third kappa shape index (κ3) is 2.28. The summed E-state index contributed by atoms with van der Waals surface area (Å²) in [6.07, 6.45) is 1.54. The van der Waals surface area contributed by atoms with E-state index in [1.54, 1.807) is 17.7 Å². The van der Waals surface area contributed by atoms with E-state index in [0.717, 1.165) is 37.1 Å². The molecule has 5 nitrogen and oxygen atoms in total. The van der Waals surface area contributed by atoms with E-state index < -0.39 is 0 Å². The Labute approximate surface area is 138 Å². The normalized spacial score (nSPS) is 11.1. The zero-order valence-corrected chi connectivity index (χ0v) is 13.6. The van der Waals surface area contributed by atoms with Crippen LogP contribution in [-0.2, 0) is 0 Å². The van der Waals surface area contributed by atoms with Gasteiger partial charge in [-0.2, -0.15) is 0 Å². The average Bonchev–Trinajstić information content (AvgIpc) is 2.97. The quantitative estimate of drug-likeness (QED) is 0.512. The van der Waals surface area contributed by atoms with Crippen LogP contribution < -0.4 is 11.1 Å². The first-order valence-corrected chi connectivity index (χ1v) is 8.18. The number of aromatic nitrogens is 3. The molecular weight excluding hydrogens is 362 g/mol. The molecule has 0 fully saturated rings. The summed E-state index contributed by atoms with van der Waals surface area (Å²) < 4.78 is 1.96. The number of thiazole rings is 1. The van der Waals surface area contributed by atoms with Crippen molar-refractivity contribution in [2.45, 2.75) is 0 Å². The second-order valence-corrected chi connectivity index (χ2v) is 6.51. The van der Waals surface area contributed by atoms with E-state index in [4.69, 9.17) is 5.73 Å². The van der Waals surface area contributed by atoms with Crippen molar-refractivity contribution in [3.63, 3.8) is 0 Å². The number of nitrogens with zero attached hydrogens (tertiary/aromatic N) is 3. The lowest BCUT2D eigenvalue weighted by atomic mass is 10.2. The van der Waals surface area contributed by atoms with Crippen LogP contribution in [-0.4, -0.2) is 15.0 Å². The fourth-order valence-electron chi connectivity index (χ4n) is 2.26. The number of fused-ring (bicyclic) bond motifs is 2. The maximum atomic E-state index is 5.97. The van der Waals surface area contributed by atoms with Crippen molar-refractivity contribution in [2.75, 3.05) is 11.1 Å². The molecule has 22 heavy (non-hydrogen) atoms. The van der Waals surface area contributed by atoms with Gasteiger partial charge in [-0.1, -0.05) is 0 Å². The zero-order valence-electron chi connectivity index (χ0n) is 11.2. The fraction of sp³-hybridized carbons (Fsp3) is 0. The van der Waals surface area contributed by atoms with Gasteiger partial charge in [0.05, 0.1) is 21.2 Å². The topological polar surface area (TPSA) is 76.7 Å². The van der Waals surface area contributed by atoms with Gasteiger partial charge in [0, 0.05) is 21.2 Å². The molecule has 3 N–H and O–H groups in total. The summed E-state index contributed by atoms with van der Waals surface area (Å²) in [5, 5.41) is 4.21. The van der Waals surface area contributed by atoms with Crippen LogP contribution in [0.1, 0.15) is 0 Å². The third-order valence-electron chi connectivity index (χ3n) is 3.35. The maximum Gasteiger partial charge on any atom is 0.141 e. The lowest BCUT2D eigenvalue weighted by Gasteiger charge is -2.09. The number of rotatable bonds is 2. The Morgan fingerprint density at radius 2 is 1.95 bits per heavy atom. The minimum Gasteiger partial charge on any atom is -0.398 e. The molecule has 0 spiro atoms. The Hall–Kier alpha value is -2.25. The van der Waals surface area contributed by atoms with Gasteiger partial charge >= 0.3 is 0 Å². The molecule has 0 saturated heterocycles. The molecule has 0 aliphatic heterocycles. The van der Waals surface area contributed by atoms with Gasteiger partial charge in [-0.3, -0.25) is 0 Å². The molecule has 2 aromatic heterocycles. The highest BCUT2D eigenvalue weighted by Crippen LogP contribution is 2.30. The summed E-state index contributed by atoms with van der Waals surface area (Å²) >= 11 is 5.03. The lowest BCUT2D eigenvalue weighted by Crippen LogP contribution is -1.97. The van der Waals surface area contributed by atoms with Crippen molar-refractivity contribution >= 4 is 65.6 Å². The van der Waals surface area contributed by atoms with Crippen LogP contribution in [0.3, 0.4) is 0 Å². The molecule has 0 unspecified atom stereocenters. The first-order chi connectivity index (χ1) is 10.7. The zero-order chi connectivity index (χ0) is 15.1. The molecule has 2 aromatic carbocycles. The molecule has 4 aromatic rings. The molecule has 0 radical (unpaired) electrons. The molecule has 0 bridgehead atoms. The Kier molecular flexibility index (Phi) is 3.16. The summed E-state index contributed by atoms with van der Waals surface area (Å²) in [6.45, 7) is 0. The van der Waals surface area contributed by atoms with Gasteiger partial charge in [0.25, 0.3) is 0 Å². The van der Waals surface area contributed by atoms with Crippen LogP contribution in [0, 0.1) is 0 Å². The smallest absolute Gasteiger partial charge is 0.141 e. The molecule has 0 atom stereocenters. The van der Waals surface area contributed by atoms with Crippen LogP contribution in [0.2, 0.25) is 0 Å². The maximum absolute atomic E-state index is 5.97. The summed E-state index contributed by atoms with van der Waals surface area (Å²) in [6, 6.07) is 9.79. The van der Waals surface area contributed by atoms with Crippen molar-refractivity contribution in [1.29, 1.82) is 0 Å². The molecule has 108 valence electrons. The van der Waals surface area contributed by atoms with Crippen molar-refractivity contribution < 1.29 is 0 Å². The molecule has 7 heteroatoms. The second kappa shape index (κ2) is 5.19. The fourth-order valence-corrected chi connectivity index (χ4v) is 3.31. The highest BCUT2D eigenvalue weighted by atomic mass is 79.9. The highest BCUT2D eigenvalue weighted by Gasteiger charge is 2.08. The van der Waals surface area contributed by atoms with Gasteiger partial charge < -0.3 is 11.1 Å². The summed E-state index contributed by atoms with van der Waals surface area (Å²) in [5.74, 6) is 0.730. The van der Waals surface area contributed by atoms with E-state index in [9.17, 15) is 0 Å². The van der Waals surface area contributed by atoms with Crippen molar-refractivity contribution in [2.24, 2.45) is 0 Å². The van der Waals surface area contributed by atoms with Crippen LogP contribution in [0.4, 0.5) is 17.2 Å². The van der Waals surface area contributed by atoms with E-state index in [-0.39, 0.29) is 0 Å². The largest absolute Gasteiger partial charge is 0.398 e. The van der Waals surface area contributed by atoms with Crippen LogP contribution in [0.25, 0.3) is 21.1 Å². The number of nitrogens with two attached hydrogens (primary N) is 1. The Morgan fingerprint density at radius 3 is 2.86 bits per heavy atom. The van der Waals surface area contributed by atoms with E-state index >= 15 is 0 Å². The number of nitrogen functional groups attached to an aromatic ring is 1. The van der Waals surface area contributed by atoms with Crippen LogP contribution in [0.15, 0.2) is 46.6 Å². The van der Waals surface area contributed by atoms with E-state index in [1.165, 1.54) is 0 Å². The third-order valence-corrected chi connectivity index (χ3v) is 4.83. The first-order valence-electron chi connectivity index (χ1n) is 6.51. The van der Waals surface area contributed by atoms with E-state index in [1.807, 2.05) is 29.8 Å². The van der Waals surface area contributed by atoms with Gasteiger partial charge in [0.15, 0.2) is 0 Å².